The molecule has 114 valence electrons. The fraction of sp³-hybridized carbons (Fsp3) is 0.250. The van der Waals surface area contributed by atoms with Crippen LogP contribution < -0.4 is 10.1 Å². The third-order valence-electron chi connectivity index (χ3n) is 2.90. The molecule has 0 aliphatic carbocycles. The van der Waals surface area contributed by atoms with Crippen LogP contribution in [0.4, 0.5) is 0 Å². The largest absolute Gasteiger partial charge is 0.489 e. The second-order valence-electron chi connectivity index (χ2n) is 4.45. The van der Waals surface area contributed by atoms with Crippen LogP contribution in [0.5, 0.6) is 5.75 Å². The Kier molecular flexibility index (Phi) is 8.12. The van der Waals surface area contributed by atoms with Crippen LogP contribution in [0.3, 0.4) is 0 Å². The van der Waals surface area contributed by atoms with Gasteiger partial charge in [-0.2, -0.15) is 0 Å². The standard InChI is InChI=1S/C16H17BrClNO.ClH/c1-2-19-10-13-9-14(17)5-8-16(13)20-11-12-3-6-15(18)7-4-12;/h3-9,19H,2,10-11H2,1H3;1H. The van der Waals surface area contributed by atoms with Gasteiger partial charge in [-0.3, -0.25) is 0 Å². The molecule has 21 heavy (non-hydrogen) atoms. The predicted molar refractivity (Wildman–Crippen MR) is 94.6 cm³/mol. The molecular weight excluding hydrogens is 373 g/mol. The first kappa shape index (κ1) is 18.3. The number of halogens is 3. The first-order valence-electron chi connectivity index (χ1n) is 6.55. The summed E-state index contributed by atoms with van der Waals surface area (Å²) >= 11 is 9.37. The Bertz CT molecular complexity index is 561. The first-order valence-corrected chi connectivity index (χ1v) is 7.72. The number of nitrogens with one attached hydrogen (secondary N) is 1. The van der Waals surface area contributed by atoms with Gasteiger partial charge in [0.05, 0.1) is 0 Å². The zero-order valence-corrected chi connectivity index (χ0v) is 14.9. The molecular formula is C16H18BrCl2NO. The maximum atomic E-state index is 5.91. The van der Waals surface area contributed by atoms with Gasteiger partial charge >= 0.3 is 0 Å². The normalized spacial score (nSPS) is 10.0. The monoisotopic (exact) mass is 389 g/mol. The minimum atomic E-state index is 0. The maximum Gasteiger partial charge on any atom is 0.124 e. The van der Waals surface area contributed by atoms with Gasteiger partial charge in [0.1, 0.15) is 12.4 Å². The van der Waals surface area contributed by atoms with E-state index in [1.54, 1.807) is 0 Å². The minimum Gasteiger partial charge on any atom is -0.489 e. The molecule has 0 radical (unpaired) electrons. The van der Waals surface area contributed by atoms with Gasteiger partial charge in [0.2, 0.25) is 0 Å². The smallest absolute Gasteiger partial charge is 0.124 e. The zero-order chi connectivity index (χ0) is 14.4. The van der Waals surface area contributed by atoms with Crippen LogP contribution in [-0.2, 0) is 13.2 Å². The Morgan fingerprint density at radius 3 is 2.52 bits per heavy atom. The van der Waals surface area contributed by atoms with E-state index in [-0.39, 0.29) is 12.4 Å². The molecule has 0 atom stereocenters. The van der Waals surface area contributed by atoms with Crippen LogP contribution in [0.25, 0.3) is 0 Å². The fourth-order valence-electron chi connectivity index (χ4n) is 1.83. The molecule has 5 heteroatoms. The summed E-state index contributed by atoms with van der Waals surface area (Å²) in [5, 5.41) is 4.06. The lowest BCUT2D eigenvalue weighted by Crippen LogP contribution is -2.13. The van der Waals surface area contributed by atoms with Crippen molar-refractivity contribution in [2.24, 2.45) is 0 Å². The molecule has 2 nitrogen and oxygen atoms in total. The number of ether oxygens (including phenoxy) is 1. The summed E-state index contributed by atoms with van der Waals surface area (Å²) in [4.78, 5) is 0. The lowest BCUT2D eigenvalue weighted by atomic mass is 10.2. The van der Waals surface area contributed by atoms with Crippen LogP contribution in [0.1, 0.15) is 18.1 Å². The van der Waals surface area contributed by atoms with E-state index in [1.165, 1.54) is 0 Å². The molecule has 0 aromatic heterocycles. The van der Waals surface area contributed by atoms with Gasteiger partial charge in [-0.05, 0) is 42.4 Å². The number of hydrogen-bond acceptors (Lipinski definition) is 2. The summed E-state index contributed by atoms with van der Waals surface area (Å²) in [6.45, 7) is 4.36. The molecule has 0 fully saturated rings. The fourth-order valence-corrected chi connectivity index (χ4v) is 2.36. The molecule has 1 N–H and O–H groups in total. The second-order valence-corrected chi connectivity index (χ2v) is 5.80. The molecule has 2 aromatic carbocycles. The highest BCUT2D eigenvalue weighted by Gasteiger charge is 2.05. The maximum absolute atomic E-state index is 5.91. The molecule has 0 saturated carbocycles. The van der Waals surface area contributed by atoms with E-state index in [2.05, 4.69) is 34.2 Å². The summed E-state index contributed by atoms with van der Waals surface area (Å²) in [7, 11) is 0. The molecule has 0 spiro atoms. The predicted octanol–water partition coefficient (Wildman–Crippen LogP) is 5.21. The van der Waals surface area contributed by atoms with Crippen LogP contribution in [0.2, 0.25) is 5.02 Å². The number of benzene rings is 2. The van der Waals surface area contributed by atoms with Gasteiger partial charge in [0, 0.05) is 21.6 Å². The van der Waals surface area contributed by atoms with E-state index in [0.717, 1.165) is 39.5 Å². The lowest BCUT2D eigenvalue weighted by molar-refractivity contribution is 0.302. The van der Waals surface area contributed by atoms with Crippen molar-refractivity contribution in [1.29, 1.82) is 0 Å². The highest BCUT2D eigenvalue weighted by atomic mass is 79.9. The van der Waals surface area contributed by atoms with Gasteiger partial charge in [-0.25, -0.2) is 0 Å². The van der Waals surface area contributed by atoms with Gasteiger partial charge in [-0.1, -0.05) is 46.6 Å². The Hall–Kier alpha value is -0.740. The molecule has 2 aromatic rings. The zero-order valence-electron chi connectivity index (χ0n) is 11.7. The molecule has 0 unspecified atom stereocenters. The topological polar surface area (TPSA) is 21.3 Å². The summed E-state index contributed by atoms with van der Waals surface area (Å²) in [5.41, 5.74) is 2.25. The highest BCUT2D eigenvalue weighted by Crippen LogP contribution is 2.24. The van der Waals surface area contributed by atoms with Gasteiger partial charge in [0.25, 0.3) is 0 Å². The summed E-state index contributed by atoms with van der Waals surface area (Å²) in [5.74, 6) is 0.907. The summed E-state index contributed by atoms with van der Waals surface area (Å²) in [6.07, 6.45) is 0. The third kappa shape index (κ3) is 5.87. The lowest BCUT2D eigenvalue weighted by Gasteiger charge is -2.12. The van der Waals surface area contributed by atoms with E-state index in [0.29, 0.717) is 6.61 Å². The van der Waals surface area contributed by atoms with Crippen molar-refractivity contribution in [3.05, 3.63) is 63.1 Å². The molecule has 0 amide bonds. The molecule has 0 heterocycles. The van der Waals surface area contributed by atoms with Crippen molar-refractivity contribution >= 4 is 39.9 Å². The molecule has 0 aliphatic heterocycles. The Morgan fingerprint density at radius 2 is 1.86 bits per heavy atom. The van der Waals surface area contributed by atoms with E-state index in [1.807, 2.05) is 36.4 Å². The molecule has 0 bridgehead atoms. The van der Waals surface area contributed by atoms with Crippen LogP contribution in [-0.4, -0.2) is 6.54 Å². The van der Waals surface area contributed by atoms with Crippen LogP contribution >= 0.6 is 39.9 Å². The van der Waals surface area contributed by atoms with E-state index < -0.39 is 0 Å². The van der Waals surface area contributed by atoms with Crippen molar-refractivity contribution in [1.82, 2.24) is 5.32 Å². The average Bonchev–Trinajstić information content (AvgIpc) is 2.46. The Morgan fingerprint density at radius 1 is 1.14 bits per heavy atom. The SMILES string of the molecule is CCNCc1cc(Br)ccc1OCc1ccc(Cl)cc1.Cl. The van der Waals surface area contributed by atoms with Gasteiger partial charge in [0.15, 0.2) is 0 Å². The Balaban J connectivity index is 0.00000220. The molecule has 2 rings (SSSR count). The average molecular weight is 391 g/mol. The molecule has 0 saturated heterocycles. The van der Waals surface area contributed by atoms with Crippen molar-refractivity contribution < 1.29 is 4.74 Å². The van der Waals surface area contributed by atoms with E-state index >= 15 is 0 Å². The summed E-state index contributed by atoms with van der Waals surface area (Å²) < 4.78 is 6.97. The van der Waals surface area contributed by atoms with Gasteiger partial charge in [-0.15, -0.1) is 12.4 Å². The number of rotatable bonds is 6. The van der Waals surface area contributed by atoms with Crippen LogP contribution in [0.15, 0.2) is 46.9 Å². The van der Waals surface area contributed by atoms with E-state index in [4.69, 9.17) is 16.3 Å². The minimum absolute atomic E-state index is 0. The Labute approximate surface area is 145 Å². The second kappa shape index (κ2) is 9.31. The van der Waals surface area contributed by atoms with Crippen molar-refractivity contribution in [2.75, 3.05) is 6.54 Å². The van der Waals surface area contributed by atoms with Crippen molar-refractivity contribution in [3.63, 3.8) is 0 Å². The van der Waals surface area contributed by atoms with Crippen LogP contribution in [0, 0.1) is 0 Å². The van der Waals surface area contributed by atoms with Crippen molar-refractivity contribution in [2.45, 2.75) is 20.1 Å². The number of hydrogen-bond donors (Lipinski definition) is 1. The summed E-state index contributed by atoms with van der Waals surface area (Å²) in [6, 6.07) is 13.8. The third-order valence-corrected chi connectivity index (χ3v) is 3.64. The van der Waals surface area contributed by atoms with Gasteiger partial charge < -0.3 is 10.1 Å². The molecule has 0 aliphatic rings. The highest BCUT2D eigenvalue weighted by molar-refractivity contribution is 9.10. The van der Waals surface area contributed by atoms with Crippen molar-refractivity contribution in [3.8, 4) is 5.75 Å². The quantitative estimate of drug-likeness (QED) is 0.730. The van der Waals surface area contributed by atoms with E-state index in [9.17, 15) is 0 Å². The first-order chi connectivity index (χ1) is 9.69.